The molecule has 124 valence electrons. The summed E-state index contributed by atoms with van der Waals surface area (Å²) in [5.74, 6) is 0.389. The summed E-state index contributed by atoms with van der Waals surface area (Å²) >= 11 is 0. The highest BCUT2D eigenvalue weighted by molar-refractivity contribution is 5.68. The molecule has 0 aliphatic heterocycles. The quantitative estimate of drug-likeness (QED) is 0.687. The zero-order chi connectivity index (χ0) is 16.5. The van der Waals surface area contributed by atoms with Crippen molar-refractivity contribution in [3.63, 3.8) is 0 Å². The second-order valence-electron chi connectivity index (χ2n) is 5.01. The molecule has 1 unspecified atom stereocenters. The van der Waals surface area contributed by atoms with Crippen molar-refractivity contribution in [1.29, 1.82) is 0 Å². The van der Waals surface area contributed by atoms with Crippen LogP contribution < -0.4 is 9.47 Å². The van der Waals surface area contributed by atoms with Crippen molar-refractivity contribution in [2.24, 2.45) is 0 Å². The van der Waals surface area contributed by atoms with Gasteiger partial charge < -0.3 is 19.7 Å². The number of aliphatic carboxylic acids is 1. The van der Waals surface area contributed by atoms with Crippen molar-refractivity contribution in [3.8, 4) is 11.5 Å². The first-order valence-corrected chi connectivity index (χ1v) is 7.45. The first kappa shape index (κ1) is 18.3. The van der Waals surface area contributed by atoms with E-state index in [1.165, 1.54) is 0 Å². The molecule has 1 aromatic carbocycles. The molecule has 22 heavy (non-hydrogen) atoms. The van der Waals surface area contributed by atoms with Gasteiger partial charge in [-0.25, -0.2) is 0 Å². The van der Waals surface area contributed by atoms with Gasteiger partial charge in [-0.2, -0.15) is 0 Å². The van der Waals surface area contributed by atoms with Crippen LogP contribution in [-0.4, -0.2) is 54.4 Å². The average Bonchev–Trinajstić information content (AvgIpc) is 2.46. The van der Waals surface area contributed by atoms with Crippen LogP contribution in [0.5, 0.6) is 11.5 Å². The molecule has 0 heterocycles. The number of ether oxygens (including phenoxy) is 2. The van der Waals surface area contributed by atoms with E-state index in [1.54, 1.807) is 30.1 Å². The fourth-order valence-corrected chi connectivity index (χ4v) is 2.09. The second-order valence-corrected chi connectivity index (χ2v) is 5.01. The zero-order valence-corrected chi connectivity index (χ0v) is 13.4. The van der Waals surface area contributed by atoms with Crippen molar-refractivity contribution >= 4 is 5.97 Å². The summed E-state index contributed by atoms with van der Waals surface area (Å²) in [6.45, 7) is 5.30. The highest BCUT2D eigenvalue weighted by Crippen LogP contribution is 2.31. The molecule has 0 fully saturated rings. The highest BCUT2D eigenvalue weighted by atomic mass is 16.5. The molecule has 1 atom stereocenters. The molecule has 0 aliphatic rings. The summed E-state index contributed by atoms with van der Waals surface area (Å²) in [5.41, 5.74) is 0.732. The topological polar surface area (TPSA) is 79.2 Å². The number of nitrogens with zero attached hydrogens (tertiary/aromatic N) is 1. The minimum absolute atomic E-state index is 0.0415. The molecule has 0 saturated carbocycles. The van der Waals surface area contributed by atoms with Crippen LogP contribution in [0, 0.1) is 0 Å². The van der Waals surface area contributed by atoms with E-state index in [9.17, 15) is 9.90 Å². The molecule has 0 saturated heterocycles. The van der Waals surface area contributed by atoms with Gasteiger partial charge in [-0.05, 0) is 45.0 Å². The molecule has 6 nitrogen and oxygen atoms in total. The largest absolute Gasteiger partial charge is 0.490 e. The molecule has 1 rings (SSSR count). The molecule has 0 amide bonds. The van der Waals surface area contributed by atoms with Gasteiger partial charge >= 0.3 is 5.97 Å². The lowest BCUT2D eigenvalue weighted by molar-refractivity contribution is -0.138. The molecule has 0 radical (unpaired) electrons. The number of carboxylic acids is 1. The maximum atomic E-state index is 10.6. The van der Waals surface area contributed by atoms with Crippen LogP contribution in [-0.2, 0) is 4.79 Å². The Balaban J connectivity index is 2.70. The number of aliphatic hydroxyl groups excluding tert-OH is 1. The van der Waals surface area contributed by atoms with Crippen LogP contribution in [0.3, 0.4) is 0 Å². The molecule has 0 aliphatic carbocycles. The number of carboxylic acid groups (broad SMARTS) is 1. The van der Waals surface area contributed by atoms with Crippen molar-refractivity contribution in [2.75, 3.05) is 33.4 Å². The summed E-state index contributed by atoms with van der Waals surface area (Å²) in [4.78, 5) is 12.3. The van der Waals surface area contributed by atoms with Gasteiger partial charge in [-0.15, -0.1) is 0 Å². The Kier molecular flexibility index (Phi) is 7.70. The van der Waals surface area contributed by atoms with E-state index in [4.69, 9.17) is 14.6 Å². The fourth-order valence-electron chi connectivity index (χ4n) is 2.09. The Morgan fingerprint density at radius 1 is 1.23 bits per heavy atom. The molecular weight excluding hydrogens is 286 g/mol. The third kappa shape index (κ3) is 5.91. The maximum absolute atomic E-state index is 10.6. The summed E-state index contributed by atoms with van der Waals surface area (Å²) < 4.78 is 11.0. The number of aliphatic hydroxyl groups is 1. The lowest BCUT2D eigenvalue weighted by Gasteiger charge is -2.18. The van der Waals surface area contributed by atoms with E-state index in [0.717, 1.165) is 5.56 Å². The Bertz CT molecular complexity index is 478. The third-order valence-electron chi connectivity index (χ3n) is 3.14. The van der Waals surface area contributed by atoms with E-state index in [2.05, 4.69) is 0 Å². The number of benzene rings is 1. The monoisotopic (exact) mass is 311 g/mol. The van der Waals surface area contributed by atoms with Crippen molar-refractivity contribution in [3.05, 3.63) is 23.8 Å². The summed E-state index contributed by atoms with van der Waals surface area (Å²) in [6.07, 6.45) is -0.227. The predicted molar refractivity (Wildman–Crippen MR) is 83.5 cm³/mol. The van der Waals surface area contributed by atoms with Gasteiger partial charge in [0.2, 0.25) is 0 Å². The van der Waals surface area contributed by atoms with E-state index in [1.807, 2.05) is 13.8 Å². The van der Waals surface area contributed by atoms with Gasteiger partial charge in [0, 0.05) is 6.54 Å². The van der Waals surface area contributed by atoms with Crippen LogP contribution in [0.25, 0.3) is 0 Å². The van der Waals surface area contributed by atoms with Crippen LogP contribution in [0.4, 0.5) is 0 Å². The summed E-state index contributed by atoms with van der Waals surface area (Å²) in [5, 5.41) is 19.0. The molecule has 2 N–H and O–H groups in total. The third-order valence-corrected chi connectivity index (χ3v) is 3.14. The highest BCUT2D eigenvalue weighted by Gasteiger charge is 2.14. The predicted octanol–water partition coefficient (Wildman–Crippen LogP) is 1.92. The molecular formula is C16H25NO5. The van der Waals surface area contributed by atoms with E-state index >= 15 is 0 Å². The standard InChI is InChI=1S/C16H25NO5/c1-4-21-14-7-6-12(10-15(14)22-5-2)13(18)8-9-17(3)11-16(19)20/h6-7,10,13,18H,4-5,8-9,11H2,1-3H3,(H,19,20). The van der Waals surface area contributed by atoms with Gasteiger partial charge in [-0.1, -0.05) is 6.07 Å². The Hall–Kier alpha value is -1.79. The normalized spacial score (nSPS) is 12.2. The lowest BCUT2D eigenvalue weighted by atomic mass is 10.1. The van der Waals surface area contributed by atoms with Gasteiger partial charge in [0.25, 0.3) is 0 Å². The number of rotatable bonds is 10. The van der Waals surface area contributed by atoms with Gasteiger partial charge in [0.1, 0.15) is 0 Å². The van der Waals surface area contributed by atoms with E-state index in [-0.39, 0.29) is 6.54 Å². The van der Waals surface area contributed by atoms with Crippen molar-refractivity contribution in [1.82, 2.24) is 4.90 Å². The fraction of sp³-hybridized carbons (Fsp3) is 0.562. The minimum Gasteiger partial charge on any atom is -0.490 e. The number of likely N-dealkylation sites (N-methyl/N-ethyl adjacent to an activating group) is 1. The summed E-state index contributed by atoms with van der Waals surface area (Å²) in [7, 11) is 1.71. The molecule has 6 heteroatoms. The maximum Gasteiger partial charge on any atom is 0.317 e. The Morgan fingerprint density at radius 2 is 1.86 bits per heavy atom. The molecule has 0 bridgehead atoms. The Labute approximate surface area is 131 Å². The van der Waals surface area contributed by atoms with E-state index in [0.29, 0.717) is 37.7 Å². The second kappa shape index (κ2) is 9.27. The van der Waals surface area contributed by atoms with E-state index < -0.39 is 12.1 Å². The number of hydrogen-bond acceptors (Lipinski definition) is 5. The molecule has 0 aromatic heterocycles. The van der Waals surface area contributed by atoms with Crippen LogP contribution in [0.1, 0.15) is 31.9 Å². The van der Waals surface area contributed by atoms with Gasteiger partial charge in [-0.3, -0.25) is 9.69 Å². The molecule has 0 spiro atoms. The van der Waals surface area contributed by atoms with Crippen LogP contribution >= 0.6 is 0 Å². The average molecular weight is 311 g/mol. The minimum atomic E-state index is -0.878. The first-order valence-electron chi connectivity index (χ1n) is 7.45. The van der Waals surface area contributed by atoms with Crippen LogP contribution in [0.15, 0.2) is 18.2 Å². The first-order chi connectivity index (χ1) is 10.5. The summed E-state index contributed by atoms with van der Waals surface area (Å²) in [6, 6.07) is 5.36. The van der Waals surface area contributed by atoms with Gasteiger partial charge in [0.15, 0.2) is 11.5 Å². The molecule has 1 aromatic rings. The van der Waals surface area contributed by atoms with Crippen molar-refractivity contribution < 1.29 is 24.5 Å². The van der Waals surface area contributed by atoms with Gasteiger partial charge in [0.05, 0.1) is 25.9 Å². The number of hydrogen-bond donors (Lipinski definition) is 2. The Morgan fingerprint density at radius 3 is 2.45 bits per heavy atom. The smallest absolute Gasteiger partial charge is 0.317 e. The van der Waals surface area contributed by atoms with Crippen LogP contribution in [0.2, 0.25) is 0 Å². The SMILES string of the molecule is CCOc1ccc(C(O)CCN(C)CC(=O)O)cc1OCC. The number of carbonyl (C=O) groups is 1. The lowest BCUT2D eigenvalue weighted by Crippen LogP contribution is -2.27. The zero-order valence-electron chi connectivity index (χ0n) is 13.4. The van der Waals surface area contributed by atoms with Crippen molar-refractivity contribution in [2.45, 2.75) is 26.4 Å².